The van der Waals surface area contributed by atoms with E-state index in [1.807, 2.05) is 6.07 Å². The van der Waals surface area contributed by atoms with E-state index in [9.17, 15) is 13.2 Å². The Morgan fingerprint density at radius 1 is 1.16 bits per heavy atom. The molecule has 0 unspecified atom stereocenters. The van der Waals surface area contributed by atoms with Crippen LogP contribution in [0.1, 0.15) is 5.56 Å². The molecule has 2 rings (SSSR count). The van der Waals surface area contributed by atoms with Crippen LogP contribution in [0.2, 0.25) is 0 Å². The third-order valence-corrected chi connectivity index (χ3v) is 5.18. The summed E-state index contributed by atoms with van der Waals surface area (Å²) in [5, 5.41) is 11.3. The fourth-order valence-electron chi connectivity index (χ4n) is 2.14. The Morgan fingerprint density at radius 2 is 1.76 bits per heavy atom. The average Bonchev–Trinajstić information content (AvgIpc) is 2.55. The van der Waals surface area contributed by atoms with Crippen molar-refractivity contribution in [3.8, 4) is 6.07 Å². The Kier molecular flexibility index (Phi) is 6.39. The second-order valence-electron chi connectivity index (χ2n) is 5.33. The Bertz CT molecular complexity index is 888. The number of sulfonamides is 1. The van der Waals surface area contributed by atoms with Crippen molar-refractivity contribution in [1.82, 2.24) is 0 Å². The molecule has 2 aromatic carbocycles. The molecule has 0 aliphatic carbocycles. The van der Waals surface area contributed by atoms with Gasteiger partial charge in [-0.05, 0) is 64.6 Å². The molecule has 0 aliphatic rings. The maximum Gasteiger partial charge on any atom is 0.245 e. The first-order valence-corrected chi connectivity index (χ1v) is 10.2. The van der Waals surface area contributed by atoms with Gasteiger partial charge in [0.05, 0.1) is 24.4 Å². The average molecular weight is 469 g/mol. The lowest BCUT2D eigenvalue weighted by atomic mass is 10.1. The highest BCUT2D eigenvalue weighted by atomic mass is 127. The third kappa shape index (κ3) is 5.72. The first kappa shape index (κ1) is 19.2. The monoisotopic (exact) mass is 469 g/mol. The van der Waals surface area contributed by atoms with Crippen molar-refractivity contribution < 1.29 is 13.2 Å². The van der Waals surface area contributed by atoms with Crippen LogP contribution in [0.4, 0.5) is 11.4 Å². The number of nitriles is 1. The molecule has 0 aromatic heterocycles. The highest BCUT2D eigenvalue weighted by Gasteiger charge is 2.20. The minimum absolute atomic E-state index is 0.295. The highest BCUT2D eigenvalue weighted by Crippen LogP contribution is 2.19. The topological polar surface area (TPSA) is 90.3 Å². The Labute approximate surface area is 160 Å². The van der Waals surface area contributed by atoms with Crippen molar-refractivity contribution in [1.29, 1.82) is 5.26 Å². The zero-order valence-corrected chi connectivity index (χ0v) is 16.4. The molecule has 0 fully saturated rings. The fraction of sp³-hybridized carbons (Fsp3) is 0.176. The van der Waals surface area contributed by atoms with E-state index in [-0.39, 0.29) is 6.54 Å². The second kappa shape index (κ2) is 8.31. The summed E-state index contributed by atoms with van der Waals surface area (Å²) < 4.78 is 26.1. The van der Waals surface area contributed by atoms with Crippen molar-refractivity contribution >= 4 is 49.9 Å². The molecule has 0 bridgehead atoms. The van der Waals surface area contributed by atoms with Gasteiger partial charge in [-0.1, -0.05) is 12.1 Å². The van der Waals surface area contributed by atoms with E-state index >= 15 is 0 Å². The largest absolute Gasteiger partial charge is 0.325 e. The molecular formula is C17H16IN3O3S. The van der Waals surface area contributed by atoms with Gasteiger partial charge in [0.15, 0.2) is 0 Å². The molecule has 25 heavy (non-hydrogen) atoms. The summed E-state index contributed by atoms with van der Waals surface area (Å²) in [6.07, 6.45) is 1.36. The number of rotatable bonds is 6. The van der Waals surface area contributed by atoms with Gasteiger partial charge in [-0.15, -0.1) is 0 Å². The maximum atomic E-state index is 12.2. The number of nitrogens with one attached hydrogen (secondary N) is 1. The first-order valence-electron chi connectivity index (χ1n) is 7.28. The number of carbonyl (C=O) groups excluding carboxylic acids is 1. The van der Waals surface area contributed by atoms with Crippen LogP contribution in [-0.4, -0.2) is 27.1 Å². The SMILES string of the molecule is CS(=O)(=O)N(CC(=O)Nc1ccc(CC#N)cc1)c1ccc(I)cc1. The summed E-state index contributed by atoms with van der Waals surface area (Å²) in [6.45, 7) is -0.320. The summed E-state index contributed by atoms with van der Waals surface area (Å²) in [6, 6.07) is 15.8. The molecule has 130 valence electrons. The van der Waals surface area contributed by atoms with E-state index in [0.717, 1.165) is 19.7 Å². The lowest BCUT2D eigenvalue weighted by molar-refractivity contribution is -0.114. The molecule has 0 saturated heterocycles. The van der Waals surface area contributed by atoms with Crippen molar-refractivity contribution in [2.24, 2.45) is 0 Å². The number of hydrogen-bond acceptors (Lipinski definition) is 4. The molecule has 0 atom stereocenters. The van der Waals surface area contributed by atoms with Gasteiger partial charge in [-0.2, -0.15) is 5.26 Å². The molecule has 0 heterocycles. The van der Waals surface area contributed by atoms with Gasteiger partial charge in [0.1, 0.15) is 6.54 Å². The van der Waals surface area contributed by atoms with E-state index < -0.39 is 15.9 Å². The van der Waals surface area contributed by atoms with Crippen LogP contribution in [-0.2, 0) is 21.2 Å². The Balaban J connectivity index is 2.12. The molecule has 1 N–H and O–H groups in total. The standard InChI is InChI=1S/C17H16IN3O3S/c1-25(23,24)21(16-8-4-14(18)5-9-16)12-17(22)20-15-6-2-13(3-7-15)10-11-19/h2-9H,10,12H2,1H3,(H,20,22). The lowest BCUT2D eigenvalue weighted by Gasteiger charge is -2.22. The van der Waals surface area contributed by atoms with Crippen molar-refractivity contribution in [2.75, 3.05) is 22.4 Å². The lowest BCUT2D eigenvalue weighted by Crippen LogP contribution is -2.37. The van der Waals surface area contributed by atoms with Gasteiger partial charge in [0.25, 0.3) is 0 Å². The summed E-state index contributed by atoms with van der Waals surface area (Å²) in [4.78, 5) is 12.2. The highest BCUT2D eigenvalue weighted by molar-refractivity contribution is 14.1. The predicted molar refractivity (Wildman–Crippen MR) is 106 cm³/mol. The smallest absolute Gasteiger partial charge is 0.245 e. The van der Waals surface area contributed by atoms with Gasteiger partial charge < -0.3 is 5.32 Å². The summed E-state index contributed by atoms with van der Waals surface area (Å²) in [5.41, 5.74) is 1.82. The summed E-state index contributed by atoms with van der Waals surface area (Å²) in [7, 11) is -3.60. The van der Waals surface area contributed by atoms with Crippen LogP contribution < -0.4 is 9.62 Å². The van der Waals surface area contributed by atoms with Gasteiger partial charge in [0, 0.05) is 9.26 Å². The molecule has 0 aliphatic heterocycles. The molecular weight excluding hydrogens is 453 g/mol. The number of carbonyl (C=O) groups is 1. The van der Waals surface area contributed by atoms with E-state index in [1.54, 1.807) is 48.5 Å². The maximum absolute atomic E-state index is 12.2. The van der Waals surface area contributed by atoms with E-state index in [2.05, 4.69) is 27.9 Å². The molecule has 1 amide bonds. The third-order valence-electron chi connectivity index (χ3n) is 3.32. The number of halogens is 1. The fourth-order valence-corrected chi connectivity index (χ4v) is 3.35. The number of nitrogens with zero attached hydrogens (tertiary/aromatic N) is 2. The Hall–Kier alpha value is -2.12. The Morgan fingerprint density at radius 3 is 2.28 bits per heavy atom. The van der Waals surface area contributed by atoms with Crippen LogP contribution >= 0.6 is 22.6 Å². The molecule has 0 saturated carbocycles. The summed E-state index contributed by atoms with van der Waals surface area (Å²) in [5.74, 6) is -0.447. The zero-order valence-electron chi connectivity index (χ0n) is 13.4. The van der Waals surface area contributed by atoms with Gasteiger partial charge >= 0.3 is 0 Å². The molecule has 6 nitrogen and oxygen atoms in total. The molecule has 0 radical (unpaired) electrons. The van der Waals surface area contributed by atoms with Crippen molar-refractivity contribution in [3.05, 3.63) is 57.7 Å². The van der Waals surface area contributed by atoms with Crippen molar-refractivity contribution in [2.45, 2.75) is 6.42 Å². The minimum Gasteiger partial charge on any atom is -0.325 e. The van der Waals surface area contributed by atoms with Crippen LogP contribution in [0.25, 0.3) is 0 Å². The molecule has 8 heteroatoms. The van der Waals surface area contributed by atoms with Crippen LogP contribution in [0.5, 0.6) is 0 Å². The van der Waals surface area contributed by atoms with Crippen LogP contribution in [0.15, 0.2) is 48.5 Å². The number of benzene rings is 2. The minimum atomic E-state index is -3.60. The normalized spacial score (nSPS) is 10.8. The van der Waals surface area contributed by atoms with Gasteiger partial charge in [-0.3, -0.25) is 9.10 Å². The van der Waals surface area contributed by atoms with Crippen LogP contribution in [0.3, 0.4) is 0 Å². The van der Waals surface area contributed by atoms with Gasteiger partial charge in [0.2, 0.25) is 15.9 Å². The first-order chi connectivity index (χ1) is 11.8. The second-order valence-corrected chi connectivity index (χ2v) is 8.48. The molecule has 2 aromatic rings. The van der Waals surface area contributed by atoms with E-state index in [0.29, 0.717) is 17.8 Å². The van der Waals surface area contributed by atoms with E-state index in [4.69, 9.17) is 5.26 Å². The predicted octanol–water partition coefficient (Wildman–Crippen LogP) is 2.76. The number of amides is 1. The zero-order chi connectivity index (χ0) is 18.4. The quantitative estimate of drug-likeness (QED) is 0.659. The number of anilines is 2. The van der Waals surface area contributed by atoms with E-state index in [1.165, 1.54) is 0 Å². The summed E-state index contributed by atoms with van der Waals surface area (Å²) >= 11 is 2.12. The number of hydrogen-bond donors (Lipinski definition) is 1. The van der Waals surface area contributed by atoms with Gasteiger partial charge in [-0.25, -0.2) is 8.42 Å². The molecule has 0 spiro atoms. The van der Waals surface area contributed by atoms with Crippen molar-refractivity contribution in [3.63, 3.8) is 0 Å². The van der Waals surface area contributed by atoms with Crippen LogP contribution in [0, 0.1) is 14.9 Å².